The minimum absolute atomic E-state index is 0.269. The van der Waals surface area contributed by atoms with Crippen LogP contribution in [-0.4, -0.2) is 70.9 Å². The quantitative estimate of drug-likeness (QED) is 0.601. The molecule has 2 atom stereocenters. The summed E-state index contributed by atoms with van der Waals surface area (Å²) >= 11 is 0. The highest BCUT2D eigenvalue weighted by Crippen LogP contribution is 2.36. The van der Waals surface area contributed by atoms with Crippen LogP contribution in [0.4, 0.5) is 0 Å². The van der Waals surface area contributed by atoms with Crippen molar-refractivity contribution >= 4 is 22.6 Å². The second-order valence-electron chi connectivity index (χ2n) is 10.9. The molecule has 1 aliphatic carbocycles. The van der Waals surface area contributed by atoms with E-state index in [9.17, 15) is 0 Å². The number of allylic oxidation sites excluding steroid dienone is 5. The number of likely N-dealkylation sites (N-methyl/N-ethyl adjacent to an activating group) is 1. The van der Waals surface area contributed by atoms with Gasteiger partial charge in [0.15, 0.2) is 5.65 Å². The fourth-order valence-electron chi connectivity index (χ4n) is 5.76. The van der Waals surface area contributed by atoms with Crippen LogP contribution in [0.1, 0.15) is 51.9 Å². The summed E-state index contributed by atoms with van der Waals surface area (Å²) in [5.74, 6) is 3.77. The predicted molar refractivity (Wildman–Crippen MR) is 151 cm³/mol. The first-order chi connectivity index (χ1) is 17.7. The van der Waals surface area contributed by atoms with Crippen molar-refractivity contribution < 1.29 is 4.74 Å². The van der Waals surface area contributed by atoms with Crippen LogP contribution in [0.15, 0.2) is 57.6 Å². The summed E-state index contributed by atoms with van der Waals surface area (Å²) in [6.07, 6.45) is 8.19. The minimum atomic E-state index is 0.269. The van der Waals surface area contributed by atoms with Gasteiger partial charge in [0.2, 0.25) is 0 Å². The number of hydrogen-bond acceptors (Lipinski definition) is 6. The van der Waals surface area contributed by atoms with E-state index in [4.69, 9.17) is 9.73 Å². The molecule has 0 bridgehead atoms. The summed E-state index contributed by atoms with van der Waals surface area (Å²) < 4.78 is 6.30. The molecule has 1 saturated heterocycles. The van der Waals surface area contributed by atoms with Crippen LogP contribution in [-0.2, 0) is 4.74 Å². The van der Waals surface area contributed by atoms with Gasteiger partial charge in [0.1, 0.15) is 24.0 Å². The number of rotatable bonds is 4. The van der Waals surface area contributed by atoms with Gasteiger partial charge in [0.25, 0.3) is 0 Å². The molecule has 1 N–H and O–H groups in total. The standard InChI is InChI=1S/C30H40N6O/c1-8-25-19(3)18(2)20(4)27(17-35(6)7)34-30(25)36-11-12-37-28-10-9-22(13-24(28)16-36)23-14-26-29(31-15-23)33-21(5)32-26/h9-10,14-15,18,24H,8,11-13,16-17H2,1-7H3,(H,31,32,33). The van der Waals surface area contributed by atoms with Crippen LogP contribution < -0.4 is 0 Å². The minimum Gasteiger partial charge on any atom is -0.496 e. The summed E-state index contributed by atoms with van der Waals surface area (Å²) in [7, 11) is 4.24. The van der Waals surface area contributed by atoms with E-state index in [0.717, 1.165) is 66.6 Å². The zero-order valence-corrected chi connectivity index (χ0v) is 23.4. The van der Waals surface area contributed by atoms with Gasteiger partial charge in [-0.25, -0.2) is 15.0 Å². The Kier molecular flexibility index (Phi) is 7.08. The van der Waals surface area contributed by atoms with Crippen molar-refractivity contribution in [2.45, 2.75) is 47.5 Å². The zero-order chi connectivity index (χ0) is 26.3. The highest BCUT2D eigenvalue weighted by molar-refractivity contribution is 6.00. The molecule has 0 radical (unpaired) electrons. The fraction of sp³-hybridized carbons (Fsp3) is 0.500. The molecule has 0 amide bonds. The lowest BCUT2D eigenvalue weighted by atomic mass is 9.88. The maximum absolute atomic E-state index is 6.30. The lowest BCUT2D eigenvalue weighted by molar-refractivity contribution is 0.198. The molecule has 196 valence electrons. The molecule has 7 heteroatoms. The summed E-state index contributed by atoms with van der Waals surface area (Å²) in [6, 6.07) is 2.17. The van der Waals surface area contributed by atoms with Gasteiger partial charge < -0.3 is 19.5 Å². The van der Waals surface area contributed by atoms with Gasteiger partial charge >= 0.3 is 0 Å². The fourth-order valence-corrected chi connectivity index (χ4v) is 5.76. The topological polar surface area (TPSA) is 69.6 Å². The Bertz CT molecular complexity index is 1360. The summed E-state index contributed by atoms with van der Waals surface area (Å²) in [4.78, 5) is 22.5. The molecule has 7 nitrogen and oxygen atoms in total. The van der Waals surface area contributed by atoms with Crippen LogP contribution in [0.2, 0.25) is 0 Å². The largest absolute Gasteiger partial charge is 0.496 e. The number of ether oxygens (including phenoxy) is 1. The number of nitrogens with zero attached hydrogens (tertiary/aromatic N) is 5. The van der Waals surface area contributed by atoms with Crippen molar-refractivity contribution in [3.05, 3.63) is 64.0 Å². The Morgan fingerprint density at radius 2 is 1.97 bits per heavy atom. The van der Waals surface area contributed by atoms with Crippen molar-refractivity contribution in [2.75, 3.05) is 40.3 Å². The van der Waals surface area contributed by atoms with Crippen LogP contribution in [0.3, 0.4) is 0 Å². The SMILES string of the molecule is CCC1=C(C)C(C)C(C)=C(CN(C)C)N=C1N1CCOC2=CC=C(c3cnc4nc(C)[nH]c4c3)CC2C1. The Morgan fingerprint density at radius 3 is 2.73 bits per heavy atom. The highest BCUT2D eigenvalue weighted by atomic mass is 16.5. The molecule has 1 fully saturated rings. The molecule has 5 rings (SSSR count). The molecule has 2 aromatic rings. The van der Waals surface area contributed by atoms with E-state index in [0.29, 0.717) is 12.5 Å². The third-order valence-electron chi connectivity index (χ3n) is 8.07. The lowest BCUT2D eigenvalue weighted by Gasteiger charge is -2.30. The summed E-state index contributed by atoms with van der Waals surface area (Å²) in [5, 5.41) is 0. The van der Waals surface area contributed by atoms with Gasteiger partial charge in [-0.15, -0.1) is 0 Å². The molecule has 37 heavy (non-hydrogen) atoms. The Hall–Kier alpha value is -3.19. The third kappa shape index (κ3) is 5.01. The molecule has 2 aliphatic heterocycles. The second-order valence-corrected chi connectivity index (χ2v) is 10.9. The van der Waals surface area contributed by atoms with E-state index in [1.54, 1.807) is 0 Å². The number of hydrogen-bond donors (Lipinski definition) is 1. The Balaban J connectivity index is 1.46. The molecular weight excluding hydrogens is 460 g/mol. The molecule has 0 aromatic carbocycles. The van der Waals surface area contributed by atoms with E-state index in [1.165, 1.54) is 28.0 Å². The first-order valence-corrected chi connectivity index (χ1v) is 13.5. The smallest absolute Gasteiger partial charge is 0.177 e. The average Bonchev–Trinajstić information content (AvgIpc) is 3.07. The molecule has 3 aliphatic rings. The van der Waals surface area contributed by atoms with Gasteiger partial charge in [-0.1, -0.05) is 25.5 Å². The van der Waals surface area contributed by atoms with Crippen molar-refractivity contribution in [1.29, 1.82) is 0 Å². The molecular formula is C30H40N6O. The van der Waals surface area contributed by atoms with Gasteiger partial charge in [0.05, 0.1) is 17.8 Å². The van der Waals surface area contributed by atoms with Gasteiger partial charge in [-0.3, -0.25) is 0 Å². The second kappa shape index (κ2) is 10.3. The van der Waals surface area contributed by atoms with E-state index >= 15 is 0 Å². The van der Waals surface area contributed by atoms with Crippen LogP contribution >= 0.6 is 0 Å². The number of nitrogens with one attached hydrogen (secondary N) is 1. The molecule has 4 heterocycles. The van der Waals surface area contributed by atoms with Crippen LogP contribution in [0.25, 0.3) is 16.7 Å². The van der Waals surface area contributed by atoms with E-state index in [-0.39, 0.29) is 5.92 Å². The highest BCUT2D eigenvalue weighted by Gasteiger charge is 2.31. The zero-order valence-electron chi connectivity index (χ0n) is 23.4. The predicted octanol–water partition coefficient (Wildman–Crippen LogP) is 5.50. The number of aryl methyl sites for hydroxylation is 1. The number of aromatic amines is 1. The maximum Gasteiger partial charge on any atom is 0.177 e. The van der Waals surface area contributed by atoms with Crippen LogP contribution in [0, 0.1) is 18.8 Å². The first-order valence-electron chi connectivity index (χ1n) is 13.5. The molecule has 0 spiro atoms. The number of aliphatic imine (C=N–C) groups is 1. The summed E-state index contributed by atoms with van der Waals surface area (Å²) in [5.41, 5.74) is 9.55. The number of amidine groups is 1. The monoisotopic (exact) mass is 500 g/mol. The number of aromatic nitrogens is 3. The van der Waals surface area contributed by atoms with Gasteiger partial charge in [0, 0.05) is 31.1 Å². The molecule has 0 saturated carbocycles. The Morgan fingerprint density at radius 1 is 1.16 bits per heavy atom. The Labute approximate surface area is 220 Å². The van der Waals surface area contributed by atoms with E-state index in [2.05, 4.69) is 84.8 Å². The lowest BCUT2D eigenvalue weighted by Crippen LogP contribution is -2.37. The maximum atomic E-state index is 6.30. The first kappa shape index (κ1) is 25.5. The normalized spacial score (nSPS) is 22.9. The average molecular weight is 501 g/mol. The number of fused-ring (bicyclic) bond motifs is 2. The van der Waals surface area contributed by atoms with Crippen molar-refractivity contribution in [2.24, 2.45) is 16.8 Å². The molecule has 2 unspecified atom stereocenters. The van der Waals surface area contributed by atoms with Gasteiger partial charge in [-0.2, -0.15) is 0 Å². The van der Waals surface area contributed by atoms with Crippen molar-refractivity contribution in [1.82, 2.24) is 24.8 Å². The van der Waals surface area contributed by atoms with Crippen LogP contribution in [0.5, 0.6) is 0 Å². The summed E-state index contributed by atoms with van der Waals surface area (Å²) in [6.45, 7) is 14.3. The number of pyridine rings is 1. The van der Waals surface area contributed by atoms with Crippen molar-refractivity contribution in [3.63, 3.8) is 0 Å². The molecule has 2 aromatic heterocycles. The number of H-pyrrole nitrogens is 1. The van der Waals surface area contributed by atoms with E-state index in [1.807, 2.05) is 13.1 Å². The van der Waals surface area contributed by atoms with E-state index < -0.39 is 0 Å². The third-order valence-corrected chi connectivity index (χ3v) is 8.07. The van der Waals surface area contributed by atoms with Crippen molar-refractivity contribution in [3.8, 4) is 0 Å². The number of imidazole rings is 1. The van der Waals surface area contributed by atoms with Gasteiger partial charge in [-0.05, 0) is 82.1 Å².